The molecule has 0 spiro atoms. The van der Waals surface area contributed by atoms with Gasteiger partial charge in [0.25, 0.3) is 0 Å². The zero-order chi connectivity index (χ0) is 19.1. The molecule has 0 unspecified atom stereocenters. The molecule has 2 heterocycles. The lowest BCUT2D eigenvalue weighted by Gasteiger charge is -2.33. The highest BCUT2D eigenvalue weighted by Gasteiger charge is 2.20. The number of amides is 1. The van der Waals surface area contributed by atoms with E-state index >= 15 is 0 Å². The second-order valence-electron chi connectivity index (χ2n) is 6.82. The van der Waals surface area contributed by atoms with E-state index in [1.165, 1.54) is 12.1 Å². The third-order valence-corrected chi connectivity index (χ3v) is 4.58. The maximum Gasteiger partial charge on any atom is 0.238 e. The Morgan fingerprint density at radius 3 is 2.59 bits per heavy atom. The van der Waals surface area contributed by atoms with E-state index in [4.69, 9.17) is 4.52 Å². The van der Waals surface area contributed by atoms with Crippen molar-refractivity contribution in [3.05, 3.63) is 41.8 Å². The molecule has 8 heteroatoms. The molecule has 1 amide bonds. The number of hydrogen-bond donors (Lipinski definition) is 1. The summed E-state index contributed by atoms with van der Waals surface area (Å²) < 4.78 is 18.2. The number of nitrogens with one attached hydrogen (secondary N) is 1. The van der Waals surface area contributed by atoms with Crippen LogP contribution in [0.5, 0.6) is 0 Å². The Bertz CT molecular complexity index is 726. The molecule has 0 bridgehead atoms. The van der Waals surface area contributed by atoms with E-state index in [0.717, 1.165) is 51.3 Å². The zero-order valence-electron chi connectivity index (χ0n) is 15.7. The Balaban J connectivity index is 1.38. The van der Waals surface area contributed by atoms with Gasteiger partial charge in [0.1, 0.15) is 5.82 Å². The van der Waals surface area contributed by atoms with Crippen molar-refractivity contribution in [3.8, 4) is 0 Å². The molecular formula is C19H26FN5O2. The number of carbonyl (C=O) groups excluding carboxylic acids is 1. The molecule has 0 radical (unpaired) electrons. The van der Waals surface area contributed by atoms with Gasteiger partial charge in [-0.1, -0.05) is 18.5 Å². The van der Waals surface area contributed by atoms with Crippen LogP contribution in [-0.2, 0) is 17.8 Å². The van der Waals surface area contributed by atoms with Gasteiger partial charge < -0.3 is 9.84 Å². The van der Waals surface area contributed by atoms with Gasteiger partial charge in [-0.3, -0.25) is 14.6 Å². The van der Waals surface area contributed by atoms with Crippen molar-refractivity contribution < 1.29 is 13.7 Å². The molecular weight excluding hydrogens is 349 g/mol. The monoisotopic (exact) mass is 375 g/mol. The summed E-state index contributed by atoms with van der Waals surface area (Å²) in [6.45, 7) is 6.44. The summed E-state index contributed by atoms with van der Waals surface area (Å²) >= 11 is 0. The summed E-state index contributed by atoms with van der Waals surface area (Å²) in [7, 11) is 0. The number of anilines is 1. The maximum absolute atomic E-state index is 12.9. The number of piperazine rings is 1. The van der Waals surface area contributed by atoms with Crippen LogP contribution in [0, 0.1) is 5.82 Å². The van der Waals surface area contributed by atoms with Crippen molar-refractivity contribution in [1.29, 1.82) is 0 Å². The summed E-state index contributed by atoms with van der Waals surface area (Å²) in [6.07, 6.45) is 3.00. The molecule has 146 valence electrons. The van der Waals surface area contributed by atoms with Crippen molar-refractivity contribution in [3.63, 3.8) is 0 Å². The quantitative estimate of drug-likeness (QED) is 0.763. The van der Waals surface area contributed by atoms with Crippen molar-refractivity contribution >= 4 is 11.6 Å². The topological polar surface area (TPSA) is 74.5 Å². The Labute approximate surface area is 158 Å². The van der Waals surface area contributed by atoms with E-state index in [2.05, 4.69) is 32.2 Å². The van der Waals surface area contributed by atoms with Crippen LogP contribution in [0.25, 0.3) is 0 Å². The predicted molar refractivity (Wildman–Crippen MR) is 99.7 cm³/mol. The minimum atomic E-state index is -0.316. The fraction of sp³-hybridized carbons (Fsp3) is 0.526. The van der Waals surface area contributed by atoms with Gasteiger partial charge in [-0.25, -0.2) is 4.39 Å². The summed E-state index contributed by atoms with van der Waals surface area (Å²) in [6, 6.07) is 5.79. The summed E-state index contributed by atoms with van der Waals surface area (Å²) in [5, 5.41) is 6.85. The highest BCUT2D eigenvalue weighted by molar-refractivity contribution is 5.92. The number of rotatable bonds is 8. The summed E-state index contributed by atoms with van der Waals surface area (Å²) in [5.41, 5.74) is 0.607. The number of carbonyl (C=O) groups is 1. The van der Waals surface area contributed by atoms with Crippen LogP contribution >= 0.6 is 0 Å². The standard InChI is InChI=1S/C19H26FN5O2/c1-2-3-4-19-22-17(23-27-19)13-24-9-11-25(12-10-24)14-18(26)21-16-7-5-15(20)6-8-16/h5-8H,2-4,9-14H2,1H3,(H,21,26). The highest BCUT2D eigenvalue weighted by Crippen LogP contribution is 2.10. The smallest absolute Gasteiger partial charge is 0.238 e. The van der Waals surface area contributed by atoms with E-state index in [-0.39, 0.29) is 11.7 Å². The molecule has 1 aromatic carbocycles. The molecule has 0 atom stereocenters. The molecule has 1 N–H and O–H groups in total. The first-order valence-corrected chi connectivity index (χ1v) is 9.44. The largest absolute Gasteiger partial charge is 0.339 e. The number of nitrogens with zero attached hydrogens (tertiary/aromatic N) is 4. The van der Waals surface area contributed by atoms with Gasteiger partial charge in [0.2, 0.25) is 11.8 Å². The third kappa shape index (κ3) is 6.11. The third-order valence-electron chi connectivity index (χ3n) is 4.58. The van der Waals surface area contributed by atoms with Crippen molar-refractivity contribution in [1.82, 2.24) is 19.9 Å². The van der Waals surface area contributed by atoms with Crippen molar-refractivity contribution in [2.24, 2.45) is 0 Å². The number of benzene rings is 1. The van der Waals surface area contributed by atoms with Crippen molar-refractivity contribution in [2.75, 3.05) is 38.0 Å². The predicted octanol–water partition coefficient (Wildman–Crippen LogP) is 2.31. The normalized spacial score (nSPS) is 15.8. The fourth-order valence-electron chi connectivity index (χ4n) is 3.03. The second kappa shape index (κ2) is 9.57. The van der Waals surface area contributed by atoms with Crippen LogP contribution in [0.2, 0.25) is 0 Å². The molecule has 3 rings (SSSR count). The first kappa shape index (κ1) is 19.4. The van der Waals surface area contributed by atoms with Crippen LogP contribution in [0.15, 0.2) is 28.8 Å². The molecule has 1 aliphatic rings. The Hall–Kier alpha value is -2.32. The first-order chi connectivity index (χ1) is 13.1. The lowest BCUT2D eigenvalue weighted by atomic mass is 10.2. The number of aryl methyl sites for hydroxylation is 1. The van der Waals surface area contributed by atoms with Gasteiger partial charge in [0.05, 0.1) is 13.1 Å². The minimum absolute atomic E-state index is 0.0891. The molecule has 1 fully saturated rings. The SMILES string of the molecule is CCCCc1nc(CN2CCN(CC(=O)Nc3ccc(F)cc3)CC2)no1. The molecule has 1 aliphatic heterocycles. The number of halogens is 1. The van der Waals surface area contributed by atoms with Crippen LogP contribution < -0.4 is 5.32 Å². The highest BCUT2D eigenvalue weighted by atomic mass is 19.1. The van der Waals surface area contributed by atoms with E-state index in [1.54, 1.807) is 12.1 Å². The van der Waals surface area contributed by atoms with E-state index < -0.39 is 0 Å². The van der Waals surface area contributed by atoms with Gasteiger partial charge in [0.15, 0.2) is 5.82 Å². The number of hydrogen-bond acceptors (Lipinski definition) is 6. The molecule has 0 saturated carbocycles. The molecule has 27 heavy (non-hydrogen) atoms. The Kier molecular flexibility index (Phi) is 6.89. The molecule has 7 nitrogen and oxygen atoms in total. The van der Waals surface area contributed by atoms with Crippen LogP contribution in [0.1, 0.15) is 31.5 Å². The Morgan fingerprint density at radius 1 is 1.19 bits per heavy atom. The molecule has 1 aromatic heterocycles. The zero-order valence-corrected chi connectivity index (χ0v) is 15.7. The van der Waals surface area contributed by atoms with E-state index in [9.17, 15) is 9.18 Å². The average molecular weight is 375 g/mol. The van der Waals surface area contributed by atoms with Crippen LogP contribution in [0.3, 0.4) is 0 Å². The lowest BCUT2D eigenvalue weighted by Crippen LogP contribution is -2.48. The van der Waals surface area contributed by atoms with Gasteiger partial charge >= 0.3 is 0 Å². The fourth-order valence-corrected chi connectivity index (χ4v) is 3.03. The van der Waals surface area contributed by atoms with Gasteiger partial charge in [0, 0.05) is 38.3 Å². The van der Waals surface area contributed by atoms with E-state index in [0.29, 0.717) is 24.7 Å². The van der Waals surface area contributed by atoms with Gasteiger partial charge in [-0.2, -0.15) is 4.98 Å². The summed E-state index contributed by atoms with van der Waals surface area (Å²) in [5.74, 6) is 1.03. The van der Waals surface area contributed by atoms with Gasteiger partial charge in [-0.05, 0) is 30.7 Å². The Morgan fingerprint density at radius 2 is 1.89 bits per heavy atom. The van der Waals surface area contributed by atoms with Crippen molar-refractivity contribution in [2.45, 2.75) is 32.7 Å². The minimum Gasteiger partial charge on any atom is -0.339 e. The van der Waals surface area contributed by atoms with Crippen LogP contribution in [0.4, 0.5) is 10.1 Å². The number of aromatic nitrogens is 2. The van der Waals surface area contributed by atoms with Crippen LogP contribution in [-0.4, -0.2) is 58.6 Å². The molecule has 0 aliphatic carbocycles. The lowest BCUT2D eigenvalue weighted by molar-refractivity contribution is -0.117. The second-order valence-corrected chi connectivity index (χ2v) is 6.82. The molecule has 1 saturated heterocycles. The average Bonchev–Trinajstić information content (AvgIpc) is 3.11. The first-order valence-electron chi connectivity index (χ1n) is 9.44. The van der Waals surface area contributed by atoms with E-state index in [1.807, 2.05) is 0 Å². The summed E-state index contributed by atoms with van der Waals surface area (Å²) in [4.78, 5) is 20.9. The number of unbranched alkanes of at least 4 members (excludes halogenated alkanes) is 1. The maximum atomic E-state index is 12.9. The van der Waals surface area contributed by atoms with Gasteiger partial charge in [-0.15, -0.1) is 0 Å². The molecule has 2 aromatic rings.